The average Bonchev–Trinajstić information content (AvgIpc) is 2.97. The molecule has 2 heterocycles. The van der Waals surface area contributed by atoms with Gasteiger partial charge in [0.25, 0.3) is 0 Å². The number of nitrogens with zero attached hydrogens (tertiary/aromatic N) is 2. The normalized spacial score (nSPS) is 24.4. The van der Waals surface area contributed by atoms with E-state index in [0.29, 0.717) is 25.9 Å². The number of carbonyl (C=O) groups is 3. The lowest BCUT2D eigenvalue weighted by Gasteiger charge is -2.34. The number of ether oxygens (including phenoxy) is 2. The van der Waals surface area contributed by atoms with Gasteiger partial charge in [0.2, 0.25) is 5.91 Å². The Morgan fingerprint density at radius 2 is 1.91 bits per heavy atom. The highest BCUT2D eigenvalue weighted by Crippen LogP contribution is 2.39. The van der Waals surface area contributed by atoms with Crippen molar-refractivity contribution in [3.8, 4) is 0 Å². The fourth-order valence-electron chi connectivity index (χ4n) is 3.28. The van der Waals surface area contributed by atoms with E-state index in [9.17, 15) is 14.4 Å². The molecule has 7 heteroatoms. The Morgan fingerprint density at radius 1 is 1.22 bits per heavy atom. The number of rotatable bonds is 3. The molecular weight excluding hydrogens is 300 g/mol. The van der Waals surface area contributed by atoms with Crippen LogP contribution in [0.3, 0.4) is 0 Å². The molecule has 23 heavy (non-hydrogen) atoms. The number of esters is 1. The van der Waals surface area contributed by atoms with Crippen molar-refractivity contribution in [1.29, 1.82) is 0 Å². The molecule has 0 aromatic carbocycles. The molecule has 2 rings (SSSR count). The molecule has 0 aromatic rings. The topological polar surface area (TPSA) is 76.2 Å². The molecule has 1 spiro atoms. The van der Waals surface area contributed by atoms with Crippen LogP contribution in [0.15, 0.2) is 0 Å². The number of hydrogen-bond acceptors (Lipinski definition) is 5. The Kier molecular flexibility index (Phi) is 4.87. The van der Waals surface area contributed by atoms with Gasteiger partial charge < -0.3 is 14.4 Å². The number of carbonyl (C=O) groups excluding carboxylic acids is 3. The Balaban J connectivity index is 2.10. The molecule has 2 fully saturated rings. The smallest absolute Gasteiger partial charge is 0.411 e. The van der Waals surface area contributed by atoms with E-state index in [1.54, 1.807) is 32.6 Å². The van der Waals surface area contributed by atoms with E-state index in [1.807, 2.05) is 0 Å². The fraction of sp³-hybridized carbons (Fsp3) is 0.812. The molecule has 1 unspecified atom stereocenters. The van der Waals surface area contributed by atoms with Crippen LogP contribution in [-0.2, 0) is 19.1 Å². The maximum atomic E-state index is 12.8. The van der Waals surface area contributed by atoms with Crippen molar-refractivity contribution in [2.45, 2.75) is 58.1 Å². The van der Waals surface area contributed by atoms with Gasteiger partial charge in [0.15, 0.2) is 0 Å². The molecule has 1 atom stereocenters. The van der Waals surface area contributed by atoms with Crippen molar-refractivity contribution in [2.24, 2.45) is 0 Å². The molecule has 0 radical (unpaired) electrons. The minimum atomic E-state index is -0.852. The molecule has 0 N–H and O–H groups in total. The van der Waals surface area contributed by atoms with Crippen LogP contribution in [0, 0.1) is 0 Å². The second kappa shape index (κ2) is 6.37. The van der Waals surface area contributed by atoms with Crippen LogP contribution in [0.25, 0.3) is 0 Å². The van der Waals surface area contributed by atoms with Crippen LogP contribution in [0.2, 0.25) is 0 Å². The van der Waals surface area contributed by atoms with Gasteiger partial charge in [-0.15, -0.1) is 0 Å². The van der Waals surface area contributed by atoms with E-state index >= 15 is 0 Å². The minimum Gasteiger partial charge on any atom is -0.465 e. The molecule has 7 nitrogen and oxygen atoms in total. The molecule has 2 aliphatic heterocycles. The summed E-state index contributed by atoms with van der Waals surface area (Å²) in [4.78, 5) is 39.9. The van der Waals surface area contributed by atoms with Gasteiger partial charge in [-0.1, -0.05) is 0 Å². The third kappa shape index (κ3) is 3.59. The second-order valence-corrected chi connectivity index (χ2v) is 7.05. The summed E-state index contributed by atoms with van der Waals surface area (Å²) >= 11 is 0. The van der Waals surface area contributed by atoms with Gasteiger partial charge in [-0.3, -0.25) is 14.5 Å². The Labute approximate surface area is 136 Å². The standard InChI is InChI=1S/C16H26N2O5/c1-5-22-12(19)11-17-10-8-16(13(17)20)7-6-9-18(16)14(21)23-15(2,3)4/h5-11H2,1-4H3. The Morgan fingerprint density at radius 3 is 2.52 bits per heavy atom. The zero-order chi connectivity index (χ0) is 17.3. The number of likely N-dealkylation sites (tertiary alicyclic amines) is 2. The van der Waals surface area contributed by atoms with Crippen LogP contribution >= 0.6 is 0 Å². The maximum Gasteiger partial charge on any atom is 0.411 e. The van der Waals surface area contributed by atoms with Crippen LogP contribution in [0.5, 0.6) is 0 Å². The molecule has 2 amide bonds. The van der Waals surface area contributed by atoms with Crippen LogP contribution in [0.1, 0.15) is 47.0 Å². The summed E-state index contributed by atoms with van der Waals surface area (Å²) in [6.45, 7) is 8.33. The van der Waals surface area contributed by atoms with E-state index in [2.05, 4.69) is 0 Å². The summed E-state index contributed by atoms with van der Waals surface area (Å²) < 4.78 is 10.3. The lowest BCUT2D eigenvalue weighted by Crippen LogP contribution is -2.54. The number of amides is 2. The van der Waals surface area contributed by atoms with Gasteiger partial charge in [0.05, 0.1) is 6.61 Å². The third-order valence-corrected chi connectivity index (χ3v) is 4.21. The molecule has 0 saturated carbocycles. The van der Waals surface area contributed by atoms with Crippen molar-refractivity contribution in [2.75, 3.05) is 26.2 Å². The lowest BCUT2D eigenvalue weighted by molar-refractivity contribution is -0.149. The SMILES string of the molecule is CCOC(=O)CN1CCC2(CCCN2C(=O)OC(C)(C)C)C1=O. The molecular formula is C16H26N2O5. The summed E-state index contributed by atoms with van der Waals surface area (Å²) in [5, 5.41) is 0. The molecule has 2 saturated heterocycles. The first-order valence-corrected chi connectivity index (χ1v) is 8.15. The summed E-state index contributed by atoms with van der Waals surface area (Å²) in [5.74, 6) is -0.589. The molecule has 0 aromatic heterocycles. The second-order valence-electron chi connectivity index (χ2n) is 7.05. The maximum absolute atomic E-state index is 12.8. The average molecular weight is 326 g/mol. The van der Waals surface area contributed by atoms with Crippen molar-refractivity contribution in [1.82, 2.24) is 9.80 Å². The van der Waals surface area contributed by atoms with Gasteiger partial charge in [-0.2, -0.15) is 0 Å². The van der Waals surface area contributed by atoms with E-state index in [0.717, 1.165) is 6.42 Å². The zero-order valence-electron chi connectivity index (χ0n) is 14.4. The molecule has 0 aliphatic carbocycles. The summed E-state index contributed by atoms with van der Waals surface area (Å²) in [6.07, 6.45) is 1.45. The quantitative estimate of drug-likeness (QED) is 0.736. The van der Waals surface area contributed by atoms with Gasteiger partial charge >= 0.3 is 12.1 Å². The largest absolute Gasteiger partial charge is 0.465 e. The van der Waals surface area contributed by atoms with Crippen LogP contribution in [-0.4, -0.2) is 65.2 Å². The van der Waals surface area contributed by atoms with E-state index in [4.69, 9.17) is 9.47 Å². The van der Waals surface area contributed by atoms with E-state index < -0.39 is 23.2 Å². The number of hydrogen-bond donors (Lipinski definition) is 0. The molecule has 130 valence electrons. The Bertz CT molecular complexity index is 499. The monoisotopic (exact) mass is 326 g/mol. The predicted octanol–water partition coefficient (Wildman–Crippen LogP) is 1.55. The van der Waals surface area contributed by atoms with Crippen molar-refractivity contribution in [3.05, 3.63) is 0 Å². The van der Waals surface area contributed by atoms with E-state index in [1.165, 1.54) is 4.90 Å². The molecule has 0 bridgehead atoms. The first-order chi connectivity index (χ1) is 10.7. The zero-order valence-corrected chi connectivity index (χ0v) is 14.4. The first-order valence-electron chi connectivity index (χ1n) is 8.15. The van der Waals surface area contributed by atoms with Crippen molar-refractivity contribution < 1.29 is 23.9 Å². The highest BCUT2D eigenvalue weighted by molar-refractivity contribution is 5.94. The van der Waals surface area contributed by atoms with E-state index in [-0.39, 0.29) is 19.1 Å². The third-order valence-electron chi connectivity index (χ3n) is 4.21. The first kappa shape index (κ1) is 17.6. The van der Waals surface area contributed by atoms with Crippen molar-refractivity contribution >= 4 is 18.0 Å². The summed E-state index contributed by atoms with van der Waals surface area (Å²) in [7, 11) is 0. The highest BCUT2D eigenvalue weighted by atomic mass is 16.6. The minimum absolute atomic E-state index is 0.0589. The van der Waals surface area contributed by atoms with Gasteiger partial charge in [0.1, 0.15) is 17.7 Å². The van der Waals surface area contributed by atoms with Gasteiger partial charge in [-0.25, -0.2) is 4.79 Å². The summed E-state index contributed by atoms with van der Waals surface area (Å²) in [6, 6.07) is 0. The molecule has 2 aliphatic rings. The highest BCUT2D eigenvalue weighted by Gasteiger charge is 2.56. The van der Waals surface area contributed by atoms with Gasteiger partial charge in [-0.05, 0) is 47.0 Å². The van der Waals surface area contributed by atoms with Crippen molar-refractivity contribution in [3.63, 3.8) is 0 Å². The van der Waals surface area contributed by atoms with Crippen LogP contribution < -0.4 is 0 Å². The fourth-order valence-corrected chi connectivity index (χ4v) is 3.28. The predicted molar refractivity (Wildman–Crippen MR) is 82.7 cm³/mol. The van der Waals surface area contributed by atoms with Gasteiger partial charge in [0, 0.05) is 13.1 Å². The van der Waals surface area contributed by atoms with Crippen LogP contribution in [0.4, 0.5) is 4.79 Å². The lowest BCUT2D eigenvalue weighted by atomic mass is 9.94. The Hall–Kier alpha value is -1.79. The summed E-state index contributed by atoms with van der Waals surface area (Å²) in [5.41, 5.74) is -1.46.